The number of thiazole rings is 1. The fourth-order valence-corrected chi connectivity index (χ4v) is 4.03. The lowest BCUT2D eigenvalue weighted by Crippen LogP contribution is -3.08. The number of nitrogens with one attached hydrogen (secondary N) is 2. The molecule has 2 aromatic carbocycles. The zero-order valence-electron chi connectivity index (χ0n) is 18.0. The first-order valence-corrected chi connectivity index (χ1v) is 11.0. The molecule has 30 heavy (non-hydrogen) atoms. The molecule has 0 aliphatic carbocycles. The van der Waals surface area contributed by atoms with E-state index in [1.165, 1.54) is 39.5 Å². The van der Waals surface area contributed by atoms with Crippen LogP contribution in [0.25, 0.3) is 0 Å². The van der Waals surface area contributed by atoms with E-state index in [0.29, 0.717) is 12.2 Å². The van der Waals surface area contributed by atoms with Crippen molar-refractivity contribution in [2.75, 3.05) is 0 Å². The number of hydrogen-bond donors (Lipinski definition) is 2. The van der Waals surface area contributed by atoms with Crippen LogP contribution in [-0.2, 0) is 19.6 Å². The minimum Gasteiger partial charge on any atom is -0.346 e. The molecule has 0 radical (unpaired) electrons. The van der Waals surface area contributed by atoms with E-state index in [4.69, 9.17) is 0 Å². The highest BCUT2D eigenvalue weighted by atomic mass is 32.1. The number of hydrogen-bond acceptors (Lipinski definition) is 3. The van der Waals surface area contributed by atoms with Gasteiger partial charge < -0.3 is 10.2 Å². The van der Waals surface area contributed by atoms with Gasteiger partial charge in [-0.25, -0.2) is 9.37 Å². The lowest BCUT2D eigenvalue weighted by molar-refractivity contribution is -0.941. The molecule has 6 heteroatoms. The molecule has 0 aliphatic heterocycles. The van der Waals surface area contributed by atoms with Gasteiger partial charge in [-0.05, 0) is 39.8 Å². The average molecular weight is 427 g/mol. The van der Waals surface area contributed by atoms with E-state index in [9.17, 15) is 9.18 Å². The number of carbonyl (C=O) groups excluding carboxylic acids is 1. The van der Waals surface area contributed by atoms with Gasteiger partial charge in [0.25, 0.3) is 5.91 Å². The van der Waals surface area contributed by atoms with E-state index in [0.717, 1.165) is 23.7 Å². The maximum Gasteiger partial charge on any atom is 0.271 e. The average Bonchev–Trinajstić information content (AvgIpc) is 3.13. The van der Waals surface area contributed by atoms with Gasteiger partial charge in [0.15, 0.2) is 0 Å². The predicted molar refractivity (Wildman–Crippen MR) is 119 cm³/mol. The summed E-state index contributed by atoms with van der Waals surface area (Å²) in [6, 6.07) is 15.2. The number of aryl methyl sites for hydroxylation is 1. The normalized spacial score (nSPS) is 12.6. The van der Waals surface area contributed by atoms with E-state index >= 15 is 0 Å². The largest absolute Gasteiger partial charge is 0.346 e. The standard InChI is InChI=1S/C24H28FN3OS/c1-17-5-7-18(8-6-17)13-28(14-19-9-11-20(25)12-10-19)15-22-26-21(16-30-22)23(29)27-24(2,3)4/h5-12,16H,13-15H2,1-4H3,(H,27,29)/p+1. The van der Waals surface area contributed by atoms with Gasteiger partial charge in [0.2, 0.25) is 0 Å². The monoisotopic (exact) mass is 426 g/mol. The Morgan fingerprint density at radius 2 is 1.57 bits per heavy atom. The van der Waals surface area contributed by atoms with Crippen molar-refractivity contribution in [1.82, 2.24) is 10.3 Å². The van der Waals surface area contributed by atoms with E-state index in [-0.39, 0.29) is 17.3 Å². The maximum absolute atomic E-state index is 13.3. The molecule has 0 aliphatic rings. The van der Waals surface area contributed by atoms with Crippen LogP contribution in [0.2, 0.25) is 0 Å². The molecular weight excluding hydrogens is 397 g/mol. The summed E-state index contributed by atoms with van der Waals surface area (Å²) in [5.74, 6) is -0.378. The van der Waals surface area contributed by atoms with E-state index in [1.54, 1.807) is 0 Å². The Morgan fingerprint density at radius 1 is 1.00 bits per heavy atom. The van der Waals surface area contributed by atoms with Crippen LogP contribution >= 0.6 is 11.3 Å². The molecule has 1 atom stereocenters. The van der Waals surface area contributed by atoms with Crippen LogP contribution in [0, 0.1) is 12.7 Å². The molecule has 0 spiro atoms. The molecule has 158 valence electrons. The van der Waals surface area contributed by atoms with E-state index < -0.39 is 0 Å². The van der Waals surface area contributed by atoms with Crippen molar-refractivity contribution in [3.8, 4) is 0 Å². The molecule has 4 nitrogen and oxygen atoms in total. The molecule has 3 rings (SSSR count). The molecule has 0 fully saturated rings. The van der Waals surface area contributed by atoms with Gasteiger partial charge in [-0.1, -0.05) is 42.0 Å². The summed E-state index contributed by atoms with van der Waals surface area (Å²) in [6.07, 6.45) is 0. The third kappa shape index (κ3) is 6.75. The van der Waals surface area contributed by atoms with Gasteiger partial charge in [0.05, 0.1) is 0 Å². The highest BCUT2D eigenvalue weighted by Gasteiger charge is 2.20. The quantitative estimate of drug-likeness (QED) is 0.602. The number of rotatable bonds is 7. The summed E-state index contributed by atoms with van der Waals surface area (Å²) >= 11 is 1.51. The van der Waals surface area contributed by atoms with Crippen LogP contribution in [-0.4, -0.2) is 16.4 Å². The van der Waals surface area contributed by atoms with Crippen molar-refractivity contribution in [3.05, 3.63) is 87.1 Å². The number of halogens is 1. The Morgan fingerprint density at radius 3 is 2.13 bits per heavy atom. The first kappa shape index (κ1) is 22.1. The van der Waals surface area contributed by atoms with Crippen LogP contribution < -0.4 is 10.2 Å². The summed E-state index contributed by atoms with van der Waals surface area (Å²) in [5.41, 5.74) is 3.70. The highest BCUT2D eigenvalue weighted by molar-refractivity contribution is 7.09. The van der Waals surface area contributed by atoms with Gasteiger partial charge in [-0.2, -0.15) is 0 Å². The second-order valence-corrected chi connectivity index (χ2v) is 9.67. The van der Waals surface area contributed by atoms with Crippen LogP contribution in [0.3, 0.4) is 0 Å². The highest BCUT2D eigenvalue weighted by Crippen LogP contribution is 2.11. The second-order valence-electron chi connectivity index (χ2n) is 8.72. The molecule has 0 bridgehead atoms. The van der Waals surface area contributed by atoms with Crippen LogP contribution in [0.15, 0.2) is 53.9 Å². The van der Waals surface area contributed by atoms with E-state index in [1.807, 2.05) is 38.3 Å². The summed E-state index contributed by atoms with van der Waals surface area (Å²) in [5, 5.41) is 5.69. The fraction of sp³-hybridized carbons (Fsp3) is 0.333. The zero-order valence-corrected chi connectivity index (χ0v) is 18.8. The van der Waals surface area contributed by atoms with Crippen molar-refractivity contribution < 1.29 is 14.1 Å². The number of amides is 1. The van der Waals surface area contributed by atoms with Crippen molar-refractivity contribution in [3.63, 3.8) is 0 Å². The third-order valence-corrected chi connectivity index (χ3v) is 5.47. The van der Waals surface area contributed by atoms with Gasteiger partial charge in [-0.3, -0.25) is 4.79 Å². The number of aromatic nitrogens is 1. The second kappa shape index (κ2) is 9.49. The first-order chi connectivity index (χ1) is 14.2. The Kier molecular flexibility index (Phi) is 7.00. The molecule has 3 aromatic rings. The maximum atomic E-state index is 13.3. The van der Waals surface area contributed by atoms with Gasteiger partial charge in [-0.15, -0.1) is 11.3 Å². The first-order valence-electron chi connectivity index (χ1n) is 10.1. The minimum atomic E-state index is -0.299. The van der Waals surface area contributed by atoms with Crippen LogP contribution in [0.5, 0.6) is 0 Å². The van der Waals surface area contributed by atoms with Crippen LogP contribution in [0.1, 0.15) is 53.0 Å². The number of benzene rings is 2. The summed E-state index contributed by atoms with van der Waals surface area (Å²) in [4.78, 5) is 18.2. The lowest BCUT2D eigenvalue weighted by Gasteiger charge is -2.20. The summed E-state index contributed by atoms with van der Waals surface area (Å²) in [7, 11) is 0. The van der Waals surface area contributed by atoms with Gasteiger partial charge in [0, 0.05) is 22.0 Å². The molecule has 0 saturated heterocycles. The Hall–Kier alpha value is -2.57. The minimum absolute atomic E-state index is 0.149. The molecular formula is C24H29FN3OS+. The number of carbonyl (C=O) groups is 1. The lowest BCUT2D eigenvalue weighted by atomic mass is 10.1. The van der Waals surface area contributed by atoms with Crippen molar-refractivity contribution in [2.24, 2.45) is 0 Å². The fourth-order valence-electron chi connectivity index (χ4n) is 3.19. The molecule has 2 N–H and O–H groups in total. The van der Waals surface area contributed by atoms with Gasteiger partial charge in [0.1, 0.15) is 36.2 Å². The number of quaternary nitrogens is 1. The summed E-state index contributed by atoms with van der Waals surface area (Å²) in [6.45, 7) is 10.2. The number of nitrogens with zero attached hydrogens (tertiary/aromatic N) is 1. The van der Waals surface area contributed by atoms with Crippen molar-refractivity contribution in [1.29, 1.82) is 0 Å². The van der Waals surface area contributed by atoms with Gasteiger partial charge >= 0.3 is 0 Å². The Labute approximate surface area is 181 Å². The SMILES string of the molecule is Cc1ccc(C[NH+](Cc2ccc(F)cc2)Cc2nc(C(=O)NC(C)(C)C)cs2)cc1. The van der Waals surface area contributed by atoms with E-state index in [2.05, 4.69) is 41.5 Å². The Balaban J connectivity index is 1.75. The predicted octanol–water partition coefficient (Wildman–Crippen LogP) is 3.90. The molecule has 0 saturated carbocycles. The molecule has 1 heterocycles. The Bertz CT molecular complexity index is 927. The molecule has 1 aromatic heterocycles. The molecule has 1 amide bonds. The van der Waals surface area contributed by atoms with Crippen LogP contribution in [0.4, 0.5) is 4.39 Å². The molecule has 1 unspecified atom stereocenters. The summed E-state index contributed by atoms with van der Waals surface area (Å²) < 4.78 is 13.3. The third-order valence-electron chi connectivity index (χ3n) is 4.62. The zero-order chi connectivity index (χ0) is 21.7. The topological polar surface area (TPSA) is 46.4 Å². The van der Waals surface area contributed by atoms with Crippen molar-refractivity contribution in [2.45, 2.75) is 52.9 Å². The smallest absolute Gasteiger partial charge is 0.271 e. The van der Waals surface area contributed by atoms with Crippen molar-refractivity contribution >= 4 is 17.2 Å².